The lowest BCUT2D eigenvalue weighted by Crippen LogP contribution is -2.44. The Bertz CT molecular complexity index is 515. The van der Waals surface area contributed by atoms with E-state index in [4.69, 9.17) is 0 Å². The van der Waals surface area contributed by atoms with Crippen molar-refractivity contribution in [3.05, 3.63) is 22.7 Å². The van der Waals surface area contributed by atoms with Gasteiger partial charge in [0.2, 0.25) is 0 Å². The van der Waals surface area contributed by atoms with Crippen molar-refractivity contribution in [2.75, 3.05) is 24.3 Å². The number of para-hydroxylation sites is 1. The molecule has 0 saturated carbocycles. The van der Waals surface area contributed by atoms with Crippen molar-refractivity contribution in [3.63, 3.8) is 0 Å². The van der Waals surface area contributed by atoms with E-state index in [9.17, 15) is 13.5 Å². The lowest BCUT2D eigenvalue weighted by molar-refractivity contribution is 0.269. The van der Waals surface area contributed by atoms with Crippen molar-refractivity contribution in [3.8, 4) is 0 Å². The average molecular weight is 306 g/mol. The van der Waals surface area contributed by atoms with Crippen LogP contribution >= 0.6 is 15.9 Å². The Morgan fingerprint density at radius 3 is 2.88 bits per heavy atom. The van der Waals surface area contributed by atoms with Crippen molar-refractivity contribution in [2.45, 2.75) is 10.9 Å². The number of aliphatic hydroxyl groups excluding tert-OH is 1. The molecule has 0 spiro atoms. The van der Waals surface area contributed by atoms with Gasteiger partial charge in [0.1, 0.15) is 0 Å². The van der Waals surface area contributed by atoms with Gasteiger partial charge in [0, 0.05) is 11.5 Å². The summed E-state index contributed by atoms with van der Waals surface area (Å²) < 4.78 is 24.7. The van der Waals surface area contributed by atoms with Gasteiger partial charge < -0.3 is 10.0 Å². The van der Waals surface area contributed by atoms with Crippen LogP contribution in [0.2, 0.25) is 0 Å². The molecule has 88 valence electrons. The summed E-state index contributed by atoms with van der Waals surface area (Å²) in [6.45, 7) is -0.170. The zero-order valence-electron chi connectivity index (χ0n) is 8.72. The molecule has 0 radical (unpaired) electrons. The lowest BCUT2D eigenvalue weighted by Gasteiger charge is -2.35. The second-order valence-electron chi connectivity index (χ2n) is 3.82. The van der Waals surface area contributed by atoms with Crippen LogP contribution in [0.4, 0.5) is 5.69 Å². The minimum absolute atomic E-state index is 0.0382. The van der Waals surface area contributed by atoms with Crippen LogP contribution in [0.5, 0.6) is 0 Å². The number of hydrogen-bond acceptors (Lipinski definition) is 4. The quantitative estimate of drug-likeness (QED) is 0.842. The number of fused-ring (bicyclic) bond motifs is 1. The van der Waals surface area contributed by atoms with Gasteiger partial charge in [-0.05, 0) is 28.1 Å². The normalized spacial score (nSPS) is 22.9. The Kier molecular flexibility index (Phi) is 2.98. The topological polar surface area (TPSA) is 57.6 Å². The molecule has 16 heavy (non-hydrogen) atoms. The van der Waals surface area contributed by atoms with E-state index in [2.05, 4.69) is 15.9 Å². The van der Waals surface area contributed by atoms with Gasteiger partial charge in [0.15, 0.2) is 9.84 Å². The molecule has 6 heteroatoms. The van der Waals surface area contributed by atoms with Crippen LogP contribution in [-0.4, -0.2) is 39.0 Å². The predicted octanol–water partition coefficient (Wildman–Crippen LogP) is 1.03. The van der Waals surface area contributed by atoms with E-state index in [1.54, 1.807) is 30.1 Å². The van der Waals surface area contributed by atoms with Gasteiger partial charge >= 0.3 is 0 Å². The molecule has 0 aromatic heterocycles. The van der Waals surface area contributed by atoms with Crippen LogP contribution in [-0.2, 0) is 9.84 Å². The highest BCUT2D eigenvalue weighted by Crippen LogP contribution is 2.37. The second-order valence-corrected chi connectivity index (χ2v) is 6.67. The summed E-state index contributed by atoms with van der Waals surface area (Å²) in [5.74, 6) is -0.0382. The van der Waals surface area contributed by atoms with E-state index in [-0.39, 0.29) is 18.4 Å². The summed E-state index contributed by atoms with van der Waals surface area (Å²) in [7, 11) is -1.50. The average Bonchev–Trinajstić information content (AvgIpc) is 2.23. The van der Waals surface area contributed by atoms with Crippen molar-refractivity contribution in [1.82, 2.24) is 0 Å². The van der Waals surface area contributed by atoms with Crippen molar-refractivity contribution in [2.24, 2.45) is 0 Å². The van der Waals surface area contributed by atoms with E-state index in [0.29, 0.717) is 10.6 Å². The maximum Gasteiger partial charge on any atom is 0.182 e. The van der Waals surface area contributed by atoms with E-state index in [0.717, 1.165) is 4.47 Å². The van der Waals surface area contributed by atoms with Gasteiger partial charge in [0.25, 0.3) is 0 Å². The fraction of sp³-hybridized carbons (Fsp3) is 0.400. The van der Waals surface area contributed by atoms with E-state index in [1.165, 1.54) is 0 Å². The summed E-state index contributed by atoms with van der Waals surface area (Å²) in [5, 5.41) is 9.19. The molecule has 0 fully saturated rings. The maximum absolute atomic E-state index is 12.0. The molecule has 1 aromatic carbocycles. The van der Waals surface area contributed by atoms with Crippen molar-refractivity contribution >= 4 is 31.5 Å². The van der Waals surface area contributed by atoms with Crippen LogP contribution in [0.25, 0.3) is 0 Å². The minimum Gasteiger partial charge on any atom is -0.394 e. The van der Waals surface area contributed by atoms with Gasteiger partial charge in [0.05, 0.1) is 29.0 Å². The first kappa shape index (κ1) is 11.9. The minimum atomic E-state index is -3.29. The smallest absolute Gasteiger partial charge is 0.182 e. The first-order valence-electron chi connectivity index (χ1n) is 4.82. The summed E-state index contributed by atoms with van der Waals surface area (Å²) in [6.07, 6.45) is 0. The van der Waals surface area contributed by atoms with Gasteiger partial charge in [-0.15, -0.1) is 0 Å². The predicted molar refractivity (Wildman–Crippen MR) is 65.5 cm³/mol. The molecule has 0 aliphatic carbocycles. The molecule has 2 rings (SSSR count). The fourth-order valence-corrected chi connectivity index (χ4v) is 4.53. The van der Waals surface area contributed by atoms with Crippen LogP contribution in [0.3, 0.4) is 0 Å². The van der Waals surface area contributed by atoms with Crippen LogP contribution in [0.1, 0.15) is 0 Å². The second kappa shape index (κ2) is 4.01. The van der Waals surface area contributed by atoms with E-state index >= 15 is 0 Å². The molecule has 1 aromatic rings. The number of rotatable bonds is 1. The molecule has 0 amide bonds. The van der Waals surface area contributed by atoms with Gasteiger partial charge in [-0.1, -0.05) is 6.07 Å². The van der Waals surface area contributed by atoms with E-state index < -0.39 is 9.84 Å². The highest BCUT2D eigenvalue weighted by molar-refractivity contribution is 9.10. The molecule has 0 bridgehead atoms. The number of hydrogen-bond donors (Lipinski definition) is 1. The third-order valence-corrected chi connectivity index (χ3v) is 5.27. The third kappa shape index (κ3) is 1.74. The monoisotopic (exact) mass is 305 g/mol. The maximum atomic E-state index is 12.0. The lowest BCUT2D eigenvalue weighted by atomic mass is 10.2. The molecule has 0 saturated heterocycles. The Morgan fingerprint density at radius 1 is 1.56 bits per heavy atom. The third-order valence-electron chi connectivity index (χ3n) is 2.81. The molecule has 1 aliphatic heterocycles. The Labute approximate surface area is 103 Å². The summed E-state index contributed by atoms with van der Waals surface area (Å²) in [5.41, 5.74) is 0.632. The highest BCUT2D eigenvalue weighted by Gasteiger charge is 2.34. The van der Waals surface area contributed by atoms with Gasteiger partial charge in [-0.25, -0.2) is 8.42 Å². The zero-order chi connectivity index (χ0) is 11.9. The molecular weight excluding hydrogens is 294 g/mol. The number of halogens is 1. The zero-order valence-corrected chi connectivity index (χ0v) is 11.1. The summed E-state index contributed by atoms with van der Waals surface area (Å²) in [6, 6.07) is 4.72. The molecular formula is C10H12BrNO3S. The number of anilines is 1. The molecule has 1 aliphatic rings. The fourth-order valence-electron chi connectivity index (χ4n) is 1.90. The molecule has 1 heterocycles. The summed E-state index contributed by atoms with van der Waals surface area (Å²) in [4.78, 5) is 2.13. The van der Waals surface area contributed by atoms with Crippen LogP contribution < -0.4 is 4.90 Å². The first-order valence-corrected chi connectivity index (χ1v) is 7.27. The highest BCUT2D eigenvalue weighted by atomic mass is 79.9. The Hall–Kier alpha value is -0.590. The largest absolute Gasteiger partial charge is 0.394 e. The van der Waals surface area contributed by atoms with Crippen LogP contribution in [0, 0.1) is 0 Å². The Balaban J connectivity index is 2.68. The molecule has 1 unspecified atom stereocenters. The Morgan fingerprint density at radius 2 is 2.25 bits per heavy atom. The van der Waals surface area contributed by atoms with Gasteiger partial charge in [-0.2, -0.15) is 0 Å². The number of likely N-dealkylation sites (N-methyl/N-ethyl adjacent to an activating group) is 1. The van der Waals surface area contributed by atoms with Crippen LogP contribution in [0.15, 0.2) is 27.6 Å². The van der Waals surface area contributed by atoms with Gasteiger partial charge in [-0.3, -0.25) is 0 Å². The summed E-state index contributed by atoms with van der Waals surface area (Å²) >= 11 is 3.34. The molecule has 1 N–H and O–H groups in total. The SMILES string of the molecule is CN1c2c(Br)cccc2S(=O)(=O)CC1CO. The number of nitrogens with zero attached hydrogens (tertiary/aromatic N) is 1. The van der Waals surface area contributed by atoms with Crippen molar-refractivity contribution < 1.29 is 13.5 Å². The number of benzene rings is 1. The van der Waals surface area contributed by atoms with E-state index in [1.807, 2.05) is 0 Å². The molecule has 4 nitrogen and oxygen atoms in total. The molecule has 1 atom stereocenters. The number of sulfone groups is 1. The number of aliphatic hydroxyl groups is 1. The standard InChI is InChI=1S/C10H12BrNO3S/c1-12-7(5-13)6-16(14,15)9-4-2-3-8(11)10(9)12/h2-4,7,13H,5-6H2,1H3. The van der Waals surface area contributed by atoms with Crippen molar-refractivity contribution in [1.29, 1.82) is 0 Å². The first-order chi connectivity index (χ1) is 7.47.